The van der Waals surface area contributed by atoms with Crippen LogP contribution in [-0.2, 0) is 9.53 Å². The fourth-order valence-corrected chi connectivity index (χ4v) is 8.37. The van der Waals surface area contributed by atoms with Gasteiger partial charge in [0.2, 0.25) is 5.91 Å². The zero-order chi connectivity index (χ0) is 25.6. The summed E-state index contributed by atoms with van der Waals surface area (Å²) < 4.78 is 20.0. The molecule has 1 spiro atoms. The van der Waals surface area contributed by atoms with Gasteiger partial charge in [-0.15, -0.1) is 0 Å². The maximum Gasteiger partial charge on any atom is 0.324 e. The zero-order valence-corrected chi connectivity index (χ0v) is 21.7. The van der Waals surface area contributed by atoms with Gasteiger partial charge >= 0.3 is 6.03 Å². The lowest BCUT2D eigenvalue weighted by atomic mass is 9.57. The van der Waals surface area contributed by atoms with E-state index in [1.807, 2.05) is 9.80 Å². The molecule has 0 radical (unpaired) electrons. The number of benzene rings is 1. The van der Waals surface area contributed by atoms with Crippen LogP contribution in [0.4, 0.5) is 14.9 Å². The normalized spacial score (nSPS) is 33.2. The van der Waals surface area contributed by atoms with Crippen molar-refractivity contribution in [1.82, 2.24) is 9.80 Å². The van der Waals surface area contributed by atoms with Crippen molar-refractivity contribution in [3.63, 3.8) is 0 Å². The van der Waals surface area contributed by atoms with Crippen molar-refractivity contribution in [3.8, 4) is 0 Å². The Morgan fingerprint density at radius 2 is 1.89 bits per heavy atom. The highest BCUT2D eigenvalue weighted by Crippen LogP contribution is 2.62. The Morgan fingerprint density at radius 3 is 2.53 bits per heavy atom. The highest BCUT2D eigenvalue weighted by atomic mass is 19.1. The highest BCUT2D eigenvalue weighted by Gasteiger charge is 2.61. The van der Waals surface area contributed by atoms with E-state index in [0.29, 0.717) is 43.5 Å². The number of ether oxygens (including phenoxy) is 1. The molecule has 2 saturated heterocycles. The molecule has 36 heavy (non-hydrogen) atoms. The molecule has 4 fully saturated rings. The monoisotopic (exact) mass is 501 g/mol. The molecule has 4 aliphatic rings. The lowest BCUT2D eigenvalue weighted by Gasteiger charge is -2.58. The summed E-state index contributed by atoms with van der Waals surface area (Å²) >= 11 is 0. The van der Waals surface area contributed by atoms with Crippen molar-refractivity contribution in [1.29, 1.82) is 0 Å². The summed E-state index contributed by atoms with van der Waals surface area (Å²) in [6.45, 7) is 3.45. The van der Waals surface area contributed by atoms with Gasteiger partial charge in [0.15, 0.2) is 0 Å². The number of nitrogens with zero attached hydrogens (tertiary/aromatic N) is 3. The molecule has 3 amide bonds. The smallest absolute Gasteiger partial charge is 0.324 e. The Balaban J connectivity index is 1.38. The van der Waals surface area contributed by atoms with Crippen LogP contribution in [-0.4, -0.2) is 79.4 Å². The van der Waals surface area contributed by atoms with Gasteiger partial charge in [-0.05, 0) is 79.7 Å². The first-order valence-corrected chi connectivity index (χ1v) is 13.5. The second-order valence-electron chi connectivity index (χ2n) is 11.6. The van der Waals surface area contributed by atoms with Crippen LogP contribution in [0, 0.1) is 34.9 Å². The van der Waals surface area contributed by atoms with Gasteiger partial charge in [-0.1, -0.05) is 12.1 Å². The largest absolute Gasteiger partial charge is 0.394 e. The Hall–Kier alpha value is -2.19. The van der Waals surface area contributed by atoms with E-state index in [1.165, 1.54) is 11.0 Å². The first-order valence-electron chi connectivity index (χ1n) is 13.5. The predicted octanol–water partition coefficient (Wildman–Crippen LogP) is 3.75. The molecule has 1 N–H and O–H groups in total. The molecule has 2 saturated carbocycles. The fourth-order valence-electron chi connectivity index (χ4n) is 8.37. The Bertz CT molecular complexity index is 981. The summed E-state index contributed by atoms with van der Waals surface area (Å²) in [5, 5.41) is 10.4. The van der Waals surface area contributed by atoms with Crippen LogP contribution < -0.4 is 4.90 Å². The predicted molar refractivity (Wildman–Crippen MR) is 135 cm³/mol. The first kappa shape index (κ1) is 25.5. The second-order valence-corrected chi connectivity index (χ2v) is 11.6. The van der Waals surface area contributed by atoms with Gasteiger partial charge in [-0.3, -0.25) is 9.69 Å². The van der Waals surface area contributed by atoms with E-state index in [-0.39, 0.29) is 41.6 Å². The third kappa shape index (κ3) is 4.20. The molecule has 1 aromatic carbocycles. The fraction of sp³-hybridized carbons (Fsp3) is 0.714. The molecule has 0 bridgehead atoms. The molecule has 1 aromatic rings. The SMILES string of the molecule is COC1CCC2C(C1)CC1C2C2(CCN(C(=O)N(C)c3ccccc3F)CC2)CN(C(C)=O)[C@H]1CO. The number of amides is 3. The van der Waals surface area contributed by atoms with E-state index < -0.39 is 5.82 Å². The van der Waals surface area contributed by atoms with Crippen molar-refractivity contribution >= 4 is 17.6 Å². The van der Waals surface area contributed by atoms with Crippen LogP contribution in [0.2, 0.25) is 0 Å². The van der Waals surface area contributed by atoms with Crippen molar-refractivity contribution in [3.05, 3.63) is 30.1 Å². The maximum atomic E-state index is 14.3. The minimum Gasteiger partial charge on any atom is -0.394 e. The van der Waals surface area contributed by atoms with Gasteiger partial charge in [-0.25, -0.2) is 9.18 Å². The number of para-hydroxylation sites is 1. The summed E-state index contributed by atoms with van der Waals surface area (Å²) in [5.41, 5.74) is 0.219. The average Bonchev–Trinajstić information content (AvgIpc) is 3.28. The zero-order valence-electron chi connectivity index (χ0n) is 21.7. The lowest BCUT2D eigenvalue weighted by Crippen LogP contribution is -2.63. The second kappa shape index (κ2) is 9.93. The number of piperidine rings is 2. The number of halogens is 1. The van der Waals surface area contributed by atoms with E-state index in [1.54, 1.807) is 39.3 Å². The Morgan fingerprint density at radius 1 is 1.17 bits per heavy atom. The van der Waals surface area contributed by atoms with Crippen LogP contribution in [0.1, 0.15) is 45.4 Å². The highest BCUT2D eigenvalue weighted by molar-refractivity contribution is 5.91. The summed E-state index contributed by atoms with van der Waals surface area (Å²) in [7, 11) is 3.43. The molecule has 198 valence electrons. The van der Waals surface area contributed by atoms with Crippen molar-refractivity contribution in [2.45, 2.75) is 57.6 Å². The number of likely N-dealkylation sites (tertiary alicyclic amines) is 2. The number of hydrogen-bond acceptors (Lipinski definition) is 4. The molecule has 0 aromatic heterocycles. The molecule has 5 rings (SSSR count). The number of hydrogen-bond donors (Lipinski definition) is 1. The van der Waals surface area contributed by atoms with Crippen LogP contribution in [0.25, 0.3) is 0 Å². The van der Waals surface area contributed by atoms with E-state index in [0.717, 1.165) is 38.5 Å². The van der Waals surface area contributed by atoms with Gasteiger partial charge in [0.25, 0.3) is 0 Å². The molecule has 6 atom stereocenters. The third-order valence-corrected chi connectivity index (χ3v) is 10.0. The van der Waals surface area contributed by atoms with Gasteiger partial charge in [0, 0.05) is 40.7 Å². The first-order chi connectivity index (χ1) is 17.3. The number of anilines is 1. The maximum absolute atomic E-state index is 14.3. The van der Waals surface area contributed by atoms with Crippen LogP contribution in [0.3, 0.4) is 0 Å². The number of aliphatic hydroxyl groups excluding tert-OH is 1. The molecule has 2 heterocycles. The molecular formula is C28H40FN3O4. The van der Waals surface area contributed by atoms with Gasteiger partial charge in [0.05, 0.1) is 24.4 Å². The van der Waals surface area contributed by atoms with Gasteiger partial charge in [0.1, 0.15) is 5.82 Å². The van der Waals surface area contributed by atoms with Crippen molar-refractivity contribution in [2.75, 3.05) is 45.3 Å². The van der Waals surface area contributed by atoms with E-state index in [2.05, 4.69) is 0 Å². The summed E-state index contributed by atoms with van der Waals surface area (Å²) in [5.74, 6) is 1.47. The van der Waals surface area contributed by atoms with E-state index in [9.17, 15) is 19.1 Å². The minimum absolute atomic E-state index is 0.00200. The van der Waals surface area contributed by atoms with E-state index in [4.69, 9.17) is 4.74 Å². The quantitative estimate of drug-likeness (QED) is 0.685. The number of urea groups is 1. The minimum atomic E-state index is -0.409. The molecule has 2 aliphatic heterocycles. The van der Waals surface area contributed by atoms with Crippen molar-refractivity contribution < 1.29 is 23.8 Å². The van der Waals surface area contributed by atoms with E-state index >= 15 is 0 Å². The van der Waals surface area contributed by atoms with Crippen LogP contribution in [0.5, 0.6) is 0 Å². The third-order valence-electron chi connectivity index (χ3n) is 10.0. The number of fused-ring (bicyclic) bond motifs is 4. The number of methoxy groups -OCH3 is 1. The molecule has 5 unspecified atom stereocenters. The summed E-state index contributed by atoms with van der Waals surface area (Å²) in [4.78, 5) is 31.2. The number of aliphatic hydroxyl groups is 1. The number of rotatable bonds is 3. The van der Waals surface area contributed by atoms with Crippen LogP contribution in [0.15, 0.2) is 24.3 Å². The average molecular weight is 502 g/mol. The topological polar surface area (TPSA) is 73.3 Å². The van der Waals surface area contributed by atoms with Gasteiger partial charge < -0.3 is 19.6 Å². The molecule has 7 nitrogen and oxygen atoms in total. The molecule has 8 heteroatoms. The summed E-state index contributed by atoms with van der Waals surface area (Å²) in [6, 6.07) is 6.03. The van der Waals surface area contributed by atoms with Gasteiger partial charge in [-0.2, -0.15) is 0 Å². The number of carbonyl (C=O) groups excluding carboxylic acids is 2. The molecule has 2 aliphatic carbocycles. The lowest BCUT2D eigenvalue weighted by molar-refractivity contribution is -0.151. The number of carbonyl (C=O) groups is 2. The Labute approximate surface area is 213 Å². The molecular weight excluding hydrogens is 461 g/mol. The summed E-state index contributed by atoms with van der Waals surface area (Å²) in [6.07, 6.45) is 6.23. The Kier molecular flexibility index (Phi) is 7.03. The standard InChI is InChI=1S/C28H40FN3O4/c1-18(34)32-17-28(26-21-9-8-20(36-3)14-19(21)15-22(26)25(32)16-33)10-12-31(13-11-28)27(35)30(2)24-7-5-4-6-23(24)29/h4-7,19-22,25-26,33H,8-17H2,1-3H3/t19?,20?,21?,22?,25-,26?/m0/s1. The van der Waals surface area contributed by atoms with Crippen molar-refractivity contribution in [2.24, 2.45) is 29.1 Å². The van der Waals surface area contributed by atoms with Crippen LogP contribution >= 0.6 is 0 Å².